The number of aromatic hydroxyl groups is 1. The second kappa shape index (κ2) is 6.37. The van der Waals surface area contributed by atoms with Gasteiger partial charge in [-0.25, -0.2) is 8.42 Å². The molecule has 1 atom stereocenters. The second-order valence-electron chi connectivity index (χ2n) is 6.06. The first-order chi connectivity index (χ1) is 10.7. The Morgan fingerprint density at radius 3 is 2.74 bits per heavy atom. The van der Waals surface area contributed by atoms with Gasteiger partial charge in [0.05, 0.1) is 22.7 Å². The monoisotopic (exact) mass is 341 g/mol. The van der Waals surface area contributed by atoms with Gasteiger partial charge in [0, 0.05) is 6.54 Å². The molecule has 2 rings (SSSR count). The van der Waals surface area contributed by atoms with E-state index in [9.17, 15) is 18.3 Å². The Bertz CT molecular complexity index is 701. The molecule has 1 heterocycles. The van der Waals surface area contributed by atoms with Crippen LogP contribution in [-0.4, -0.2) is 37.3 Å². The normalized spacial score (nSPS) is 19.3. The highest BCUT2D eigenvalue weighted by molar-refractivity contribution is 7.93. The van der Waals surface area contributed by atoms with E-state index in [-0.39, 0.29) is 17.2 Å². The van der Waals surface area contributed by atoms with E-state index < -0.39 is 21.5 Å². The molecule has 1 unspecified atom stereocenters. The van der Waals surface area contributed by atoms with Gasteiger partial charge in [0.2, 0.25) is 15.9 Å². The first kappa shape index (κ1) is 17.6. The zero-order chi connectivity index (χ0) is 17.3. The van der Waals surface area contributed by atoms with Crippen molar-refractivity contribution in [2.45, 2.75) is 38.6 Å². The Morgan fingerprint density at radius 2 is 2.17 bits per heavy atom. The van der Waals surface area contributed by atoms with Crippen LogP contribution in [0.25, 0.3) is 0 Å². The number of phenolic OH excluding ortho intramolecular Hbond substituents is 1. The molecule has 0 spiro atoms. The van der Waals surface area contributed by atoms with Gasteiger partial charge in [-0.1, -0.05) is 13.3 Å². The standard InChI is InChI=1S/C15H23N3O4S/c1-3-7-15(2,16)14(20)17-12-10-11(5-6-13(12)19)18-8-4-9-23(18,21)22/h5-6,10,19H,3-4,7-9,16H2,1-2H3,(H,17,20). The van der Waals surface area contributed by atoms with Crippen molar-refractivity contribution in [3.8, 4) is 5.75 Å². The molecule has 0 radical (unpaired) electrons. The molecular weight excluding hydrogens is 318 g/mol. The van der Waals surface area contributed by atoms with Crippen molar-refractivity contribution < 1.29 is 18.3 Å². The summed E-state index contributed by atoms with van der Waals surface area (Å²) in [5.41, 5.74) is 5.49. The maximum Gasteiger partial charge on any atom is 0.244 e. The topological polar surface area (TPSA) is 113 Å². The highest BCUT2D eigenvalue weighted by atomic mass is 32.2. The van der Waals surface area contributed by atoms with Crippen LogP contribution in [0.2, 0.25) is 0 Å². The van der Waals surface area contributed by atoms with Crippen LogP contribution in [0.5, 0.6) is 5.75 Å². The van der Waals surface area contributed by atoms with Crippen molar-refractivity contribution >= 4 is 27.3 Å². The number of nitrogens with two attached hydrogens (primary N) is 1. The number of amides is 1. The summed E-state index contributed by atoms with van der Waals surface area (Å²) in [4.78, 5) is 12.3. The van der Waals surface area contributed by atoms with Crippen LogP contribution in [0.4, 0.5) is 11.4 Å². The van der Waals surface area contributed by atoms with Gasteiger partial charge in [-0.2, -0.15) is 0 Å². The van der Waals surface area contributed by atoms with Gasteiger partial charge in [0.15, 0.2) is 0 Å². The zero-order valence-corrected chi connectivity index (χ0v) is 14.2. The molecule has 0 aromatic heterocycles. The average molecular weight is 341 g/mol. The third-order valence-corrected chi connectivity index (χ3v) is 5.77. The van der Waals surface area contributed by atoms with Crippen LogP contribution < -0.4 is 15.4 Å². The van der Waals surface area contributed by atoms with Crippen LogP contribution in [-0.2, 0) is 14.8 Å². The molecule has 0 saturated carbocycles. The average Bonchev–Trinajstić information content (AvgIpc) is 2.80. The fourth-order valence-corrected chi connectivity index (χ4v) is 4.16. The van der Waals surface area contributed by atoms with Crippen molar-refractivity contribution in [2.75, 3.05) is 21.9 Å². The first-order valence-corrected chi connectivity index (χ1v) is 9.22. The van der Waals surface area contributed by atoms with E-state index in [2.05, 4.69) is 5.32 Å². The molecule has 1 aromatic carbocycles. The molecule has 23 heavy (non-hydrogen) atoms. The Morgan fingerprint density at radius 1 is 1.48 bits per heavy atom. The highest BCUT2D eigenvalue weighted by Crippen LogP contribution is 2.32. The fourth-order valence-electron chi connectivity index (χ4n) is 2.61. The van der Waals surface area contributed by atoms with E-state index in [1.54, 1.807) is 6.92 Å². The molecule has 4 N–H and O–H groups in total. The molecule has 1 aliphatic rings. The summed E-state index contributed by atoms with van der Waals surface area (Å²) in [5.74, 6) is -0.450. The maximum atomic E-state index is 12.3. The number of anilines is 2. The van der Waals surface area contributed by atoms with Gasteiger partial charge in [-0.05, 0) is 38.0 Å². The number of nitrogens with zero attached hydrogens (tertiary/aromatic N) is 1. The molecule has 8 heteroatoms. The number of carbonyl (C=O) groups is 1. The van der Waals surface area contributed by atoms with E-state index in [1.165, 1.54) is 22.5 Å². The summed E-state index contributed by atoms with van der Waals surface area (Å²) >= 11 is 0. The number of benzene rings is 1. The number of hydrogen-bond donors (Lipinski definition) is 3. The molecule has 1 amide bonds. The molecule has 7 nitrogen and oxygen atoms in total. The number of rotatable bonds is 5. The van der Waals surface area contributed by atoms with Gasteiger partial charge >= 0.3 is 0 Å². The van der Waals surface area contributed by atoms with Gasteiger partial charge in [-0.3, -0.25) is 9.10 Å². The zero-order valence-electron chi connectivity index (χ0n) is 13.4. The highest BCUT2D eigenvalue weighted by Gasteiger charge is 2.30. The Balaban J connectivity index is 2.27. The predicted molar refractivity (Wildman–Crippen MR) is 90.0 cm³/mol. The van der Waals surface area contributed by atoms with Crippen molar-refractivity contribution in [1.29, 1.82) is 0 Å². The summed E-state index contributed by atoms with van der Waals surface area (Å²) in [7, 11) is -3.32. The van der Waals surface area contributed by atoms with Crippen LogP contribution >= 0.6 is 0 Å². The van der Waals surface area contributed by atoms with E-state index in [1.807, 2.05) is 6.92 Å². The number of hydrogen-bond acceptors (Lipinski definition) is 5. The smallest absolute Gasteiger partial charge is 0.244 e. The summed E-state index contributed by atoms with van der Waals surface area (Å²) in [6.45, 7) is 3.94. The largest absolute Gasteiger partial charge is 0.506 e. The molecule has 1 saturated heterocycles. The van der Waals surface area contributed by atoms with Crippen LogP contribution in [0.15, 0.2) is 18.2 Å². The van der Waals surface area contributed by atoms with Crippen molar-refractivity contribution in [3.63, 3.8) is 0 Å². The SMILES string of the molecule is CCCC(C)(N)C(=O)Nc1cc(N2CCCS2(=O)=O)ccc1O. The molecule has 1 aromatic rings. The molecule has 0 aliphatic carbocycles. The van der Waals surface area contributed by atoms with E-state index in [0.29, 0.717) is 25.1 Å². The Labute approximate surface area is 136 Å². The summed E-state index contributed by atoms with van der Waals surface area (Å²) in [6, 6.07) is 4.34. The molecule has 1 fully saturated rings. The molecular formula is C15H23N3O4S. The van der Waals surface area contributed by atoms with Crippen molar-refractivity contribution in [2.24, 2.45) is 5.73 Å². The van der Waals surface area contributed by atoms with Crippen molar-refractivity contribution in [1.82, 2.24) is 0 Å². The third kappa shape index (κ3) is 3.76. The lowest BCUT2D eigenvalue weighted by Crippen LogP contribution is -2.48. The first-order valence-electron chi connectivity index (χ1n) is 7.61. The predicted octanol–water partition coefficient (Wildman–Crippen LogP) is 1.39. The maximum absolute atomic E-state index is 12.3. The van der Waals surface area contributed by atoms with Gasteiger partial charge in [-0.15, -0.1) is 0 Å². The van der Waals surface area contributed by atoms with Gasteiger partial charge < -0.3 is 16.2 Å². The molecule has 128 valence electrons. The molecule has 1 aliphatic heterocycles. The lowest BCUT2D eigenvalue weighted by atomic mass is 9.96. The van der Waals surface area contributed by atoms with Gasteiger partial charge in [0.25, 0.3) is 0 Å². The lowest BCUT2D eigenvalue weighted by Gasteiger charge is -2.24. The fraction of sp³-hybridized carbons (Fsp3) is 0.533. The van der Waals surface area contributed by atoms with E-state index in [0.717, 1.165) is 6.42 Å². The number of carbonyl (C=O) groups excluding carboxylic acids is 1. The Hall–Kier alpha value is -1.80. The molecule has 0 bridgehead atoms. The lowest BCUT2D eigenvalue weighted by molar-refractivity contribution is -0.120. The number of nitrogens with one attached hydrogen (secondary N) is 1. The van der Waals surface area contributed by atoms with Crippen molar-refractivity contribution in [3.05, 3.63) is 18.2 Å². The number of sulfonamides is 1. The van der Waals surface area contributed by atoms with Gasteiger partial charge in [0.1, 0.15) is 5.75 Å². The second-order valence-corrected chi connectivity index (χ2v) is 8.08. The van der Waals surface area contributed by atoms with Crippen LogP contribution in [0, 0.1) is 0 Å². The Kier molecular flexibility index (Phi) is 4.86. The minimum Gasteiger partial charge on any atom is -0.506 e. The third-order valence-electron chi connectivity index (χ3n) is 3.90. The summed E-state index contributed by atoms with van der Waals surface area (Å²) in [5, 5.41) is 12.5. The number of phenols is 1. The van der Waals surface area contributed by atoms with E-state index >= 15 is 0 Å². The summed E-state index contributed by atoms with van der Waals surface area (Å²) < 4.78 is 25.2. The summed E-state index contributed by atoms with van der Waals surface area (Å²) in [6.07, 6.45) is 1.81. The minimum atomic E-state index is -3.32. The van der Waals surface area contributed by atoms with Crippen LogP contribution in [0.3, 0.4) is 0 Å². The van der Waals surface area contributed by atoms with E-state index in [4.69, 9.17) is 5.73 Å². The quantitative estimate of drug-likeness (QED) is 0.701. The van der Waals surface area contributed by atoms with Crippen LogP contribution in [0.1, 0.15) is 33.1 Å². The minimum absolute atomic E-state index is 0.104.